The smallest absolute Gasteiger partial charge is 0.225 e. The van der Waals surface area contributed by atoms with Crippen LogP contribution < -0.4 is 10.6 Å². The van der Waals surface area contributed by atoms with E-state index in [-0.39, 0.29) is 18.4 Å². The largest absolute Gasteiger partial charge is 0.387 e. The van der Waals surface area contributed by atoms with Crippen molar-refractivity contribution in [1.82, 2.24) is 10.6 Å². The van der Waals surface area contributed by atoms with E-state index in [1.807, 2.05) is 31.2 Å². The van der Waals surface area contributed by atoms with E-state index >= 15 is 0 Å². The molecule has 0 aliphatic carbocycles. The van der Waals surface area contributed by atoms with Gasteiger partial charge in [0.05, 0.1) is 12.0 Å². The van der Waals surface area contributed by atoms with Crippen LogP contribution in [0, 0.1) is 12.8 Å². The van der Waals surface area contributed by atoms with E-state index in [1.165, 1.54) is 0 Å². The molecule has 1 unspecified atom stereocenters. The zero-order valence-corrected chi connectivity index (χ0v) is 9.94. The number of hydrogen-bond donors (Lipinski definition) is 3. The van der Waals surface area contributed by atoms with Crippen LogP contribution in [0.25, 0.3) is 0 Å². The van der Waals surface area contributed by atoms with Crippen LogP contribution in [0.2, 0.25) is 0 Å². The Kier molecular flexibility index (Phi) is 3.76. The molecular weight excluding hydrogens is 216 g/mol. The van der Waals surface area contributed by atoms with Crippen molar-refractivity contribution in [3.05, 3.63) is 35.4 Å². The fourth-order valence-electron chi connectivity index (χ4n) is 1.89. The van der Waals surface area contributed by atoms with Crippen molar-refractivity contribution in [1.29, 1.82) is 0 Å². The lowest BCUT2D eigenvalue weighted by Crippen LogP contribution is -2.51. The summed E-state index contributed by atoms with van der Waals surface area (Å²) < 4.78 is 0. The van der Waals surface area contributed by atoms with Crippen molar-refractivity contribution in [2.45, 2.75) is 13.0 Å². The number of amides is 1. The highest BCUT2D eigenvalue weighted by molar-refractivity contribution is 5.80. The van der Waals surface area contributed by atoms with Crippen molar-refractivity contribution in [3.8, 4) is 0 Å². The molecule has 3 N–H and O–H groups in total. The number of carbonyl (C=O) groups is 1. The van der Waals surface area contributed by atoms with Gasteiger partial charge < -0.3 is 15.7 Å². The first kappa shape index (κ1) is 12.1. The summed E-state index contributed by atoms with van der Waals surface area (Å²) in [7, 11) is 0. The van der Waals surface area contributed by atoms with E-state index in [1.54, 1.807) is 0 Å². The van der Waals surface area contributed by atoms with Gasteiger partial charge in [-0.1, -0.05) is 24.3 Å². The average Bonchev–Trinajstić information content (AvgIpc) is 2.24. The van der Waals surface area contributed by atoms with Crippen molar-refractivity contribution in [2.24, 2.45) is 5.92 Å². The normalized spacial score (nSPS) is 17.3. The van der Waals surface area contributed by atoms with Gasteiger partial charge in [-0.25, -0.2) is 0 Å². The monoisotopic (exact) mass is 234 g/mol. The second-order valence-corrected chi connectivity index (χ2v) is 4.47. The number of nitrogens with one attached hydrogen (secondary N) is 2. The second-order valence-electron chi connectivity index (χ2n) is 4.47. The Morgan fingerprint density at radius 1 is 1.53 bits per heavy atom. The van der Waals surface area contributed by atoms with Crippen LogP contribution in [0.15, 0.2) is 24.3 Å². The molecule has 4 nitrogen and oxygen atoms in total. The van der Waals surface area contributed by atoms with E-state index in [9.17, 15) is 9.90 Å². The Labute approximate surface area is 101 Å². The van der Waals surface area contributed by atoms with Crippen LogP contribution in [-0.2, 0) is 4.79 Å². The molecule has 1 aliphatic heterocycles. The third-order valence-electron chi connectivity index (χ3n) is 3.17. The molecule has 1 saturated heterocycles. The van der Waals surface area contributed by atoms with E-state index in [2.05, 4.69) is 10.6 Å². The molecule has 1 aromatic rings. The van der Waals surface area contributed by atoms with Gasteiger partial charge in [-0.3, -0.25) is 4.79 Å². The maximum absolute atomic E-state index is 11.6. The highest BCUT2D eigenvalue weighted by Gasteiger charge is 2.25. The first-order valence-electron chi connectivity index (χ1n) is 5.90. The minimum Gasteiger partial charge on any atom is -0.387 e. The number of rotatable bonds is 4. The summed E-state index contributed by atoms with van der Waals surface area (Å²) in [5, 5.41) is 15.8. The van der Waals surface area contributed by atoms with Crippen molar-refractivity contribution >= 4 is 5.91 Å². The number of aliphatic hydroxyl groups is 1. The van der Waals surface area contributed by atoms with Gasteiger partial charge in [0, 0.05) is 19.6 Å². The van der Waals surface area contributed by atoms with Crippen LogP contribution in [0.5, 0.6) is 0 Å². The van der Waals surface area contributed by atoms with E-state index in [4.69, 9.17) is 0 Å². The molecule has 0 spiro atoms. The highest BCUT2D eigenvalue weighted by Crippen LogP contribution is 2.16. The Hall–Kier alpha value is -1.39. The summed E-state index contributed by atoms with van der Waals surface area (Å²) in [6.45, 7) is 3.72. The van der Waals surface area contributed by atoms with Crippen molar-refractivity contribution in [3.63, 3.8) is 0 Å². The number of aryl methyl sites for hydroxylation is 1. The number of aliphatic hydroxyl groups excluding tert-OH is 1. The molecule has 1 heterocycles. The zero-order valence-electron chi connectivity index (χ0n) is 9.94. The topological polar surface area (TPSA) is 61.4 Å². The van der Waals surface area contributed by atoms with Crippen LogP contribution >= 0.6 is 0 Å². The number of hydrogen-bond acceptors (Lipinski definition) is 3. The summed E-state index contributed by atoms with van der Waals surface area (Å²) in [6.07, 6.45) is -0.631. The number of carbonyl (C=O) groups excluding carboxylic acids is 1. The van der Waals surface area contributed by atoms with Gasteiger partial charge in [0.25, 0.3) is 0 Å². The van der Waals surface area contributed by atoms with E-state index in [0.29, 0.717) is 0 Å². The van der Waals surface area contributed by atoms with Crippen molar-refractivity contribution < 1.29 is 9.90 Å². The van der Waals surface area contributed by atoms with Crippen LogP contribution in [0.3, 0.4) is 0 Å². The second kappa shape index (κ2) is 5.29. The maximum atomic E-state index is 11.6. The molecule has 92 valence electrons. The molecular formula is C13H18N2O2. The van der Waals surface area contributed by atoms with Crippen LogP contribution in [0.1, 0.15) is 17.2 Å². The number of benzene rings is 1. The molecule has 2 rings (SSSR count). The lowest BCUT2D eigenvalue weighted by atomic mass is 10.0. The van der Waals surface area contributed by atoms with Gasteiger partial charge in [0.15, 0.2) is 0 Å². The summed E-state index contributed by atoms with van der Waals surface area (Å²) in [5.41, 5.74) is 1.92. The molecule has 0 aromatic heterocycles. The van der Waals surface area contributed by atoms with E-state index < -0.39 is 6.10 Å². The standard InChI is InChI=1S/C13H18N2O2/c1-9-4-2-3-5-11(9)12(16)8-15-13(17)10-6-14-7-10/h2-5,10,12,14,16H,6-8H2,1H3,(H,15,17). The molecule has 1 aliphatic rings. The van der Waals surface area contributed by atoms with Gasteiger partial charge >= 0.3 is 0 Å². The van der Waals surface area contributed by atoms with Gasteiger partial charge in [-0.05, 0) is 18.1 Å². The minimum absolute atomic E-state index is 0.0244. The molecule has 17 heavy (non-hydrogen) atoms. The lowest BCUT2D eigenvalue weighted by molar-refractivity contribution is -0.126. The Morgan fingerprint density at radius 2 is 2.24 bits per heavy atom. The van der Waals surface area contributed by atoms with Crippen LogP contribution in [0.4, 0.5) is 0 Å². The predicted octanol–water partition coefficient (Wildman–Crippen LogP) is 0.364. The Balaban J connectivity index is 1.86. The van der Waals surface area contributed by atoms with Crippen molar-refractivity contribution in [2.75, 3.05) is 19.6 Å². The third-order valence-corrected chi connectivity index (χ3v) is 3.17. The minimum atomic E-state index is -0.631. The first-order chi connectivity index (χ1) is 8.18. The molecule has 1 atom stereocenters. The van der Waals surface area contributed by atoms with Gasteiger partial charge in [0.2, 0.25) is 5.91 Å². The van der Waals surface area contributed by atoms with Gasteiger partial charge in [-0.2, -0.15) is 0 Å². The molecule has 1 amide bonds. The molecule has 4 heteroatoms. The summed E-state index contributed by atoms with van der Waals surface area (Å²) in [4.78, 5) is 11.6. The third kappa shape index (κ3) is 2.84. The van der Waals surface area contributed by atoms with Gasteiger partial charge in [0.1, 0.15) is 0 Å². The molecule has 0 saturated carbocycles. The van der Waals surface area contributed by atoms with E-state index in [0.717, 1.165) is 24.2 Å². The predicted molar refractivity (Wildman–Crippen MR) is 65.5 cm³/mol. The highest BCUT2D eigenvalue weighted by atomic mass is 16.3. The zero-order chi connectivity index (χ0) is 12.3. The molecule has 0 radical (unpaired) electrons. The SMILES string of the molecule is Cc1ccccc1C(O)CNC(=O)C1CNC1. The summed E-state index contributed by atoms with van der Waals surface area (Å²) >= 11 is 0. The van der Waals surface area contributed by atoms with Gasteiger partial charge in [-0.15, -0.1) is 0 Å². The molecule has 1 aromatic carbocycles. The molecule has 0 bridgehead atoms. The summed E-state index contributed by atoms with van der Waals surface area (Å²) in [6, 6.07) is 7.67. The maximum Gasteiger partial charge on any atom is 0.225 e. The van der Waals surface area contributed by atoms with Crippen LogP contribution in [-0.4, -0.2) is 30.6 Å². The first-order valence-corrected chi connectivity index (χ1v) is 5.90. The Bertz CT molecular complexity index is 402. The Morgan fingerprint density at radius 3 is 2.82 bits per heavy atom. The fraction of sp³-hybridized carbons (Fsp3) is 0.462. The fourth-order valence-corrected chi connectivity index (χ4v) is 1.89. The quantitative estimate of drug-likeness (QED) is 0.705. The lowest BCUT2D eigenvalue weighted by Gasteiger charge is -2.26. The summed E-state index contributed by atoms with van der Waals surface area (Å²) in [5.74, 6) is 0.0930. The average molecular weight is 234 g/mol. The molecule has 1 fully saturated rings.